The molecule has 1 atom stereocenters. The molecule has 21 heavy (non-hydrogen) atoms. The first-order chi connectivity index (χ1) is 9.81. The van der Waals surface area contributed by atoms with Gasteiger partial charge in [-0.15, -0.1) is 0 Å². The predicted molar refractivity (Wildman–Crippen MR) is 73.7 cm³/mol. The summed E-state index contributed by atoms with van der Waals surface area (Å²) in [7, 11) is 0. The first-order valence-electron chi connectivity index (χ1n) is 7.29. The van der Waals surface area contributed by atoms with Crippen molar-refractivity contribution in [2.75, 3.05) is 0 Å². The number of hydrogen-bond acceptors (Lipinski definition) is 4. The van der Waals surface area contributed by atoms with Crippen LogP contribution in [-0.2, 0) is 14.4 Å². The van der Waals surface area contributed by atoms with Crippen molar-refractivity contribution in [1.82, 2.24) is 10.2 Å². The minimum Gasteiger partial charge on any atom is -0.368 e. The summed E-state index contributed by atoms with van der Waals surface area (Å²) in [5.41, 5.74) is 4.13. The Labute approximate surface area is 123 Å². The van der Waals surface area contributed by atoms with Crippen LogP contribution < -0.4 is 11.1 Å². The Hall–Kier alpha value is -1.92. The number of barbiturate groups is 1. The number of nitrogens with one attached hydrogen (secondary N) is 1. The molecule has 0 aromatic carbocycles. The van der Waals surface area contributed by atoms with Gasteiger partial charge >= 0.3 is 6.03 Å². The van der Waals surface area contributed by atoms with Crippen LogP contribution in [0.1, 0.15) is 46.0 Å². The second kappa shape index (κ2) is 5.46. The fourth-order valence-corrected chi connectivity index (χ4v) is 3.30. The molecule has 2 rings (SSSR count). The second-order valence-electron chi connectivity index (χ2n) is 6.17. The zero-order valence-corrected chi connectivity index (χ0v) is 12.3. The summed E-state index contributed by atoms with van der Waals surface area (Å²) >= 11 is 0. The number of carbonyl (C=O) groups excluding carboxylic acids is 4. The molecule has 1 saturated carbocycles. The van der Waals surface area contributed by atoms with Crippen molar-refractivity contribution in [3.8, 4) is 0 Å². The minimum absolute atomic E-state index is 0.314. The largest absolute Gasteiger partial charge is 0.368 e. The molecular weight excluding hydrogens is 274 g/mol. The van der Waals surface area contributed by atoms with Crippen LogP contribution in [0.2, 0.25) is 0 Å². The van der Waals surface area contributed by atoms with Gasteiger partial charge in [0.1, 0.15) is 11.5 Å². The zero-order valence-electron chi connectivity index (χ0n) is 12.3. The zero-order chi connectivity index (χ0) is 15.8. The summed E-state index contributed by atoms with van der Waals surface area (Å²) in [5, 5.41) is 2.23. The molecule has 0 bridgehead atoms. The summed E-state index contributed by atoms with van der Waals surface area (Å²) in [6.07, 6.45) is 3.28. The molecule has 0 radical (unpaired) electrons. The molecule has 1 unspecified atom stereocenters. The number of urea groups is 1. The Morgan fingerprint density at radius 3 is 2.24 bits per heavy atom. The van der Waals surface area contributed by atoms with E-state index in [1.807, 2.05) is 0 Å². The van der Waals surface area contributed by atoms with Crippen molar-refractivity contribution < 1.29 is 19.2 Å². The van der Waals surface area contributed by atoms with Crippen LogP contribution in [0.5, 0.6) is 0 Å². The highest BCUT2D eigenvalue weighted by molar-refractivity contribution is 6.20. The number of amides is 5. The van der Waals surface area contributed by atoms with Gasteiger partial charge in [0.15, 0.2) is 0 Å². The van der Waals surface area contributed by atoms with Crippen molar-refractivity contribution >= 4 is 23.8 Å². The van der Waals surface area contributed by atoms with Crippen LogP contribution in [-0.4, -0.2) is 34.7 Å². The molecule has 7 nitrogen and oxygen atoms in total. The summed E-state index contributed by atoms with van der Waals surface area (Å²) in [6, 6.07) is -1.89. The molecule has 0 aromatic heterocycles. The van der Waals surface area contributed by atoms with Crippen molar-refractivity contribution in [1.29, 1.82) is 0 Å². The van der Waals surface area contributed by atoms with Gasteiger partial charge in [0.2, 0.25) is 17.7 Å². The highest BCUT2D eigenvalue weighted by atomic mass is 16.2. The van der Waals surface area contributed by atoms with E-state index in [4.69, 9.17) is 5.73 Å². The molecule has 1 heterocycles. The number of nitrogens with zero attached hydrogens (tertiary/aromatic N) is 1. The van der Waals surface area contributed by atoms with E-state index in [0.717, 1.165) is 24.2 Å². The topological polar surface area (TPSA) is 110 Å². The van der Waals surface area contributed by atoms with Gasteiger partial charge in [0.05, 0.1) is 0 Å². The fourth-order valence-electron chi connectivity index (χ4n) is 3.30. The van der Waals surface area contributed by atoms with E-state index in [-0.39, 0.29) is 5.92 Å². The Morgan fingerprint density at radius 2 is 1.76 bits per heavy atom. The summed E-state index contributed by atoms with van der Waals surface area (Å²) < 4.78 is 0. The maximum absolute atomic E-state index is 12.8. The minimum atomic E-state index is -1.21. The molecule has 1 aliphatic carbocycles. The van der Waals surface area contributed by atoms with Gasteiger partial charge in [-0.1, -0.05) is 33.1 Å². The quantitative estimate of drug-likeness (QED) is 0.740. The molecular formula is C14H21N3O4. The fraction of sp³-hybridized carbons (Fsp3) is 0.714. The summed E-state index contributed by atoms with van der Waals surface area (Å²) in [4.78, 5) is 49.6. The SMILES string of the molecule is CC(C)C(C(N)=O)N1C(=O)NC(=O)C2(CCCCC2)C1=O. The molecule has 3 N–H and O–H groups in total. The lowest BCUT2D eigenvalue weighted by molar-refractivity contribution is -0.158. The molecule has 1 saturated heterocycles. The average Bonchev–Trinajstić information content (AvgIpc) is 2.41. The normalized spacial score (nSPS) is 23.4. The molecule has 1 spiro atoms. The van der Waals surface area contributed by atoms with E-state index < -0.39 is 35.2 Å². The van der Waals surface area contributed by atoms with Gasteiger partial charge in [-0.2, -0.15) is 0 Å². The third-order valence-electron chi connectivity index (χ3n) is 4.41. The molecule has 2 fully saturated rings. The Morgan fingerprint density at radius 1 is 1.19 bits per heavy atom. The summed E-state index contributed by atoms with van der Waals surface area (Å²) in [5.74, 6) is -2.17. The van der Waals surface area contributed by atoms with Gasteiger partial charge < -0.3 is 5.73 Å². The van der Waals surface area contributed by atoms with Gasteiger partial charge in [-0.05, 0) is 18.8 Å². The lowest BCUT2D eigenvalue weighted by atomic mass is 9.71. The summed E-state index contributed by atoms with van der Waals surface area (Å²) in [6.45, 7) is 3.42. The van der Waals surface area contributed by atoms with Crippen molar-refractivity contribution in [3.63, 3.8) is 0 Å². The smallest absolute Gasteiger partial charge is 0.331 e. The maximum Gasteiger partial charge on any atom is 0.331 e. The van der Waals surface area contributed by atoms with Crippen LogP contribution in [0.3, 0.4) is 0 Å². The molecule has 5 amide bonds. The van der Waals surface area contributed by atoms with Gasteiger partial charge in [0.25, 0.3) is 0 Å². The first-order valence-corrected chi connectivity index (χ1v) is 7.29. The number of carbonyl (C=O) groups is 4. The third-order valence-corrected chi connectivity index (χ3v) is 4.41. The Balaban J connectivity index is 2.41. The second-order valence-corrected chi connectivity index (χ2v) is 6.17. The van der Waals surface area contributed by atoms with Gasteiger partial charge in [0, 0.05) is 0 Å². The standard InChI is InChI=1S/C14H21N3O4/c1-8(2)9(10(15)18)17-12(20)14(6-4-3-5-7-14)11(19)16-13(17)21/h8-9H,3-7H2,1-2H3,(H2,15,18)(H,16,19,21). The Kier molecular flexibility index (Phi) is 4.02. The van der Waals surface area contributed by atoms with E-state index in [9.17, 15) is 19.2 Å². The van der Waals surface area contributed by atoms with Gasteiger partial charge in [-0.3, -0.25) is 24.6 Å². The lowest BCUT2D eigenvalue weighted by Gasteiger charge is -2.44. The van der Waals surface area contributed by atoms with Crippen LogP contribution in [0, 0.1) is 11.3 Å². The molecule has 0 aromatic rings. The first kappa shape index (κ1) is 15.5. The predicted octanol–water partition coefficient (Wildman–Crippen LogP) is 0.525. The number of nitrogens with two attached hydrogens (primary N) is 1. The van der Waals surface area contributed by atoms with Crippen LogP contribution in [0.4, 0.5) is 4.79 Å². The number of rotatable bonds is 3. The lowest BCUT2D eigenvalue weighted by Crippen LogP contribution is -2.68. The third kappa shape index (κ3) is 2.41. The van der Waals surface area contributed by atoms with Crippen molar-refractivity contribution in [2.45, 2.75) is 52.0 Å². The maximum atomic E-state index is 12.8. The molecule has 116 valence electrons. The van der Waals surface area contributed by atoms with Crippen molar-refractivity contribution in [2.24, 2.45) is 17.1 Å². The number of primary amides is 1. The van der Waals surface area contributed by atoms with Crippen LogP contribution >= 0.6 is 0 Å². The van der Waals surface area contributed by atoms with Crippen LogP contribution in [0.15, 0.2) is 0 Å². The molecule has 7 heteroatoms. The number of imide groups is 2. The van der Waals surface area contributed by atoms with Crippen LogP contribution in [0.25, 0.3) is 0 Å². The highest BCUT2D eigenvalue weighted by Crippen LogP contribution is 2.41. The average molecular weight is 295 g/mol. The van der Waals surface area contributed by atoms with Crippen molar-refractivity contribution in [3.05, 3.63) is 0 Å². The van der Waals surface area contributed by atoms with Gasteiger partial charge in [-0.25, -0.2) is 4.79 Å². The molecule has 1 aliphatic heterocycles. The van der Waals surface area contributed by atoms with E-state index in [1.54, 1.807) is 13.8 Å². The monoisotopic (exact) mass is 295 g/mol. The van der Waals surface area contributed by atoms with E-state index in [1.165, 1.54) is 0 Å². The number of hydrogen-bond donors (Lipinski definition) is 2. The van der Waals surface area contributed by atoms with E-state index in [0.29, 0.717) is 12.8 Å². The highest BCUT2D eigenvalue weighted by Gasteiger charge is 2.56. The van der Waals surface area contributed by atoms with E-state index in [2.05, 4.69) is 5.32 Å². The van der Waals surface area contributed by atoms with E-state index >= 15 is 0 Å². The molecule has 2 aliphatic rings. The Bertz CT molecular complexity index is 494.